The molecule has 0 radical (unpaired) electrons. The molecule has 0 bridgehead atoms. The molecule has 0 atom stereocenters. The third-order valence-corrected chi connectivity index (χ3v) is 4.08. The highest BCUT2D eigenvalue weighted by Gasteiger charge is 2.12. The van der Waals surface area contributed by atoms with Crippen molar-refractivity contribution in [3.8, 4) is 0 Å². The first kappa shape index (κ1) is 16.3. The maximum Gasteiger partial charge on any atom is 0.251 e. The summed E-state index contributed by atoms with van der Waals surface area (Å²) >= 11 is 0. The third-order valence-electron chi connectivity index (χ3n) is 4.08. The number of nitrogens with one attached hydrogen (secondary N) is 2. The summed E-state index contributed by atoms with van der Waals surface area (Å²) < 4.78 is 0. The highest BCUT2D eigenvalue weighted by atomic mass is 16.1. The number of nitrogens with two attached hydrogens (primary N) is 1. The van der Waals surface area contributed by atoms with Crippen LogP contribution in [0, 0.1) is 0 Å². The molecule has 5 nitrogen and oxygen atoms in total. The van der Waals surface area contributed by atoms with Crippen LogP contribution in [-0.2, 0) is 6.54 Å². The number of benzene rings is 1. The van der Waals surface area contributed by atoms with Gasteiger partial charge in [0.15, 0.2) is 5.96 Å². The molecular formula is C17H26N4O. The van der Waals surface area contributed by atoms with E-state index in [0.717, 1.165) is 5.56 Å². The minimum absolute atomic E-state index is 0.0791. The first-order valence-electron chi connectivity index (χ1n) is 8.06. The molecule has 2 rings (SSSR count). The average molecular weight is 302 g/mol. The van der Waals surface area contributed by atoms with Gasteiger partial charge in [-0.3, -0.25) is 4.79 Å². The molecular weight excluding hydrogens is 276 g/mol. The molecule has 0 spiro atoms. The third kappa shape index (κ3) is 5.06. The van der Waals surface area contributed by atoms with Crippen molar-refractivity contribution in [2.45, 2.75) is 51.1 Å². The lowest BCUT2D eigenvalue weighted by Gasteiger charge is -2.16. The van der Waals surface area contributed by atoms with E-state index in [-0.39, 0.29) is 5.91 Å². The van der Waals surface area contributed by atoms with E-state index in [1.165, 1.54) is 38.5 Å². The van der Waals surface area contributed by atoms with Gasteiger partial charge in [0.2, 0.25) is 0 Å². The lowest BCUT2D eigenvalue weighted by molar-refractivity contribution is 0.0963. The molecule has 0 saturated heterocycles. The first-order chi connectivity index (χ1) is 10.7. The predicted octanol–water partition coefficient (Wildman–Crippen LogP) is 2.17. The van der Waals surface area contributed by atoms with Crippen LogP contribution in [0.2, 0.25) is 0 Å². The Bertz CT molecular complexity index is 502. The molecule has 1 saturated carbocycles. The van der Waals surface area contributed by atoms with E-state index >= 15 is 0 Å². The summed E-state index contributed by atoms with van der Waals surface area (Å²) in [5, 5.41) is 5.94. The zero-order valence-corrected chi connectivity index (χ0v) is 13.3. The van der Waals surface area contributed by atoms with Crippen LogP contribution in [0.5, 0.6) is 0 Å². The van der Waals surface area contributed by atoms with Gasteiger partial charge in [0.1, 0.15) is 0 Å². The van der Waals surface area contributed by atoms with Gasteiger partial charge in [-0.05, 0) is 30.5 Å². The lowest BCUT2D eigenvalue weighted by atomic mass is 10.1. The van der Waals surface area contributed by atoms with Crippen molar-refractivity contribution >= 4 is 11.9 Å². The number of hydrogen-bond donors (Lipinski definition) is 3. The van der Waals surface area contributed by atoms with Gasteiger partial charge in [0.25, 0.3) is 5.91 Å². The first-order valence-corrected chi connectivity index (χ1v) is 8.06. The molecule has 4 N–H and O–H groups in total. The Hall–Kier alpha value is -2.04. The Morgan fingerprint density at radius 3 is 2.41 bits per heavy atom. The van der Waals surface area contributed by atoms with Crippen LogP contribution in [0.1, 0.15) is 54.4 Å². The van der Waals surface area contributed by atoms with Crippen LogP contribution in [0.4, 0.5) is 0 Å². The van der Waals surface area contributed by atoms with Crippen molar-refractivity contribution in [1.29, 1.82) is 0 Å². The largest absolute Gasteiger partial charge is 0.370 e. The Morgan fingerprint density at radius 2 is 1.82 bits per heavy atom. The summed E-state index contributed by atoms with van der Waals surface area (Å²) in [5.74, 6) is 0.437. The highest BCUT2D eigenvalue weighted by molar-refractivity contribution is 5.93. The van der Waals surface area contributed by atoms with E-state index in [9.17, 15) is 4.79 Å². The Morgan fingerprint density at radius 1 is 1.18 bits per heavy atom. The van der Waals surface area contributed by atoms with Gasteiger partial charge in [-0.25, -0.2) is 4.99 Å². The molecule has 1 fully saturated rings. The van der Waals surface area contributed by atoms with E-state index in [2.05, 4.69) is 15.6 Å². The lowest BCUT2D eigenvalue weighted by Crippen LogP contribution is -2.39. The van der Waals surface area contributed by atoms with Gasteiger partial charge in [-0.2, -0.15) is 0 Å². The number of amides is 1. The van der Waals surface area contributed by atoms with E-state index < -0.39 is 0 Å². The molecule has 1 aliphatic rings. The molecule has 5 heteroatoms. The van der Waals surface area contributed by atoms with Gasteiger partial charge < -0.3 is 16.4 Å². The van der Waals surface area contributed by atoms with E-state index in [1.807, 2.05) is 12.1 Å². The fourth-order valence-corrected chi connectivity index (χ4v) is 2.76. The van der Waals surface area contributed by atoms with Crippen molar-refractivity contribution in [3.63, 3.8) is 0 Å². The van der Waals surface area contributed by atoms with Crippen LogP contribution in [-0.4, -0.2) is 25.0 Å². The summed E-state index contributed by atoms with van der Waals surface area (Å²) in [6.45, 7) is 0.527. The van der Waals surface area contributed by atoms with Crippen LogP contribution < -0.4 is 16.4 Å². The molecule has 120 valence electrons. The zero-order valence-electron chi connectivity index (χ0n) is 13.3. The molecule has 1 aromatic carbocycles. The molecule has 0 aliphatic heterocycles. The number of carbonyl (C=O) groups excluding carboxylic acids is 1. The quantitative estimate of drug-likeness (QED) is 0.453. The van der Waals surface area contributed by atoms with Gasteiger partial charge in [0.05, 0.1) is 6.54 Å². The second-order valence-electron chi connectivity index (χ2n) is 5.81. The molecule has 22 heavy (non-hydrogen) atoms. The highest BCUT2D eigenvalue weighted by Crippen LogP contribution is 2.17. The number of nitrogens with zero attached hydrogens (tertiary/aromatic N) is 1. The predicted molar refractivity (Wildman–Crippen MR) is 89.8 cm³/mol. The number of carbonyl (C=O) groups is 1. The molecule has 1 amide bonds. The SMILES string of the molecule is CNC(=O)c1ccc(CN=C(N)NC2CCCCCC2)cc1. The molecule has 0 unspecified atom stereocenters. The normalized spacial score (nSPS) is 16.9. The minimum atomic E-state index is -0.0791. The van der Waals surface area contributed by atoms with E-state index in [4.69, 9.17) is 5.73 Å². The minimum Gasteiger partial charge on any atom is -0.370 e. The van der Waals surface area contributed by atoms with Crippen LogP contribution in [0.3, 0.4) is 0 Å². The summed E-state index contributed by atoms with van der Waals surface area (Å²) in [6.07, 6.45) is 7.55. The van der Waals surface area contributed by atoms with Crippen molar-refractivity contribution in [2.24, 2.45) is 10.7 Å². The molecule has 1 aliphatic carbocycles. The number of guanidine groups is 1. The summed E-state index contributed by atoms with van der Waals surface area (Å²) in [4.78, 5) is 15.9. The van der Waals surface area contributed by atoms with Crippen molar-refractivity contribution in [1.82, 2.24) is 10.6 Å². The number of hydrogen-bond acceptors (Lipinski definition) is 2. The van der Waals surface area contributed by atoms with Gasteiger partial charge in [-0.1, -0.05) is 37.8 Å². The number of aliphatic imine (C=N–C) groups is 1. The Kier molecular flexibility index (Phi) is 6.25. The van der Waals surface area contributed by atoms with Gasteiger partial charge in [-0.15, -0.1) is 0 Å². The van der Waals surface area contributed by atoms with Crippen molar-refractivity contribution < 1.29 is 4.79 Å². The summed E-state index contributed by atoms with van der Waals surface area (Å²) in [5.41, 5.74) is 7.67. The van der Waals surface area contributed by atoms with Crippen LogP contribution >= 0.6 is 0 Å². The second kappa shape index (κ2) is 8.41. The fourth-order valence-electron chi connectivity index (χ4n) is 2.76. The molecule has 0 heterocycles. The standard InChI is InChI=1S/C17H26N4O/c1-19-16(22)14-10-8-13(9-11-14)12-20-17(18)21-15-6-4-2-3-5-7-15/h8-11,15H,2-7,12H2,1H3,(H,19,22)(H3,18,20,21). The van der Waals surface area contributed by atoms with Crippen LogP contribution in [0.25, 0.3) is 0 Å². The smallest absolute Gasteiger partial charge is 0.251 e. The van der Waals surface area contributed by atoms with E-state index in [0.29, 0.717) is 24.1 Å². The maximum atomic E-state index is 11.5. The summed E-state index contributed by atoms with van der Waals surface area (Å²) in [6, 6.07) is 7.89. The number of rotatable bonds is 4. The van der Waals surface area contributed by atoms with Gasteiger partial charge >= 0.3 is 0 Å². The fraction of sp³-hybridized carbons (Fsp3) is 0.529. The topological polar surface area (TPSA) is 79.5 Å². The summed E-state index contributed by atoms with van der Waals surface area (Å²) in [7, 11) is 1.63. The molecule has 1 aromatic rings. The van der Waals surface area contributed by atoms with Crippen molar-refractivity contribution in [3.05, 3.63) is 35.4 Å². The second-order valence-corrected chi connectivity index (χ2v) is 5.81. The molecule has 0 aromatic heterocycles. The van der Waals surface area contributed by atoms with Crippen LogP contribution in [0.15, 0.2) is 29.3 Å². The van der Waals surface area contributed by atoms with E-state index in [1.54, 1.807) is 19.2 Å². The Labute approximate surface area is 132 Å². The van der Waals surface area contributed by atoms with Crippen molar-refractivity contribution in [2.75, 3.05) is 7.05 Å². The average Bonchev–Trinajstić information content (AvgIpc) is 2.81. The van der Waals surface area contributed by atoms with Gasteiger partial charge in [0, 0.05) is 18.7 Å². The Balaban J connectivity index is 1.85. The zero-order chi connectivity index (χ0) is 15.8. The monoisotopic (exact) mass is 302 g/mol. The maximum absolute atomic E-state index is 11.5.